The molecule has 3 nitrogen and oxygen atoms in total. The van der Waals surface area contributed by atoms with Crippen molar-refractivity contribution in [1.29, 1.82) is 0 Å². The highest BCUT2D eigenvalue weighted by atomic mass is 19.1. The molecule has 4 heteroatoms. The maximum absolute atomic E-state index is 13.5. The largest absolute Gasteiger partial charge is 0.496 e. The molecule has 0 aliphatic heterocycles. The zero-order valence-corrected chi connectivity index (χ0v) is 8.13. The molecule has 0 aliphatic carbocycles. The van der Waals surface area contributed by atoms with Gasteiger partial charge in [0.15, 0.2) is 5.78 Å². The Hall–Kier alpha value is -1.42. The summed E-state index contributed by atoms with van der Waals surface area (Å²) in [6, 6.07) is 3.11. The molecule has 0 saturated carbocycles. The number of aryl methyl sites for hydroxylation is 1. The van der Waals surface area contributed by atoms with Gasteiger partial charge in [0.05, 0.1) is 19.2 Å². The standard InChI is InChI=1S/C10H12FNO2/c1-6-3-4-8(14-2)9(10(6)11)7(13)5-12/h3-4H,5,12H2,1-2H3. The van der Waals surface area contributed by atoms with Crippen LogP contribution in [0.4, 0.5) is 4.39 Å². The zero-order chi connectivity index (χ0) is 10.7. The van der Waals surface area contributed by atoms with Crippen LogP contribution in [0.2, 0.25) is 0 Å². The number of ketones is 1. The number of methoxy groups -OCH3 is 1. The fourth-order valence-corrected chi connectivity index (χ4v) is 1.19. The number of nitrogens with two attached hydrogens (primary N) is 1. The molecule has 0 aromatic heterocycles. The summed E-state index contributed by atoms with van der Waals surface area (Å²) in [6.45, 7) is 1.36. The third-order valence-corrected chi connectivity index (χ3v) is 1.98. The molecule has 0 atom stereocenters. The van der Waals surface area contributed by atoms with E-state index < -0.39 is 11.6 Å². The molecule has 0 heterocycles. The SMILES string of the molecule is COc1ccc(C)c(F)c1C(=O)CN. The summed E-state index contributed by atoms with van der Waals surface area (Å²) in [4.78, 5) is 11.3. The van der Waals surface area contributed by atoms with Crippen molar-refractivity contribution in [1.82, 2.24) is 0 Å². The molecule has 14 heavy (non-hydrogen) atoms. The molecule has 0 radical (unpaired) electrons. The van der Waals surface area contributed by atoms with Crippen molar-refractivity contribution in [3.05, 3.63) is 29.1 Å². The van der Waals surface area contributed by atoms with Crippen LogP contribution in [0.15, 0.2) is 12.1 Å². The van der Waals surface area contributed by atoms with Crippen molar-refractivity contribution in [2.24, 2.45) is 5.73 Å². The second kappa shape index (κ2) is 4.19. The number of carbonyl (C=O) groups is 1. The maximum atomic E-state index is 13.5. The van der Waals surface area contributed by atoms with Crippen molar-refractivity contribution in [3.63, 3.8) is 0 Å². The number of carbonyl (C=O) groups excluding carboxylic acids is 1. The van der Waals surface area contributed by atoms with Crippen molar-refractivity contribution >= 4 is 5.78 Å². The van der Waals surface area contributed by atoms with Crippen LogP contribution in [0, 0.1) is 12.7 Å². The van der Waals surface area contributed by atoms with E-state index in [1.807, 2.05) is 0 Å². The van der Waals surface area contributed by atoms with Crippen LogP contribution < -0.4 is 10.5 Å². The summed E-state index contributed by atoms with van der Waals surface area (Å²) in [6.07, 6.45) is 0. The first-order valence-corrected chi connectivity index (χ1v) is 4.18. The van der Waals surface area contributed by atoms with E-state index in [1.165, 1.54) is 7.11 Å². The fourth-order valence-electron chi connectivity index (χ4n) is 1.19. The highest BCUT2D eigenvalue weighted by Gasteiger charge is 2.17. The first kappa shape index (κ1) is 10.7. The summed E-state index contributed by atoms with van der Waals surface area (Å²) in [5, 5.41) is 0. The van der Waals surface area contributed by atoms with E-state index in [2.05, 4.69) is 0 Å². The van der Waals surface area contributed by atoms with Gasteiger partial charge in [-0.3, -0.25) is 4.79 Å². The molecule has 0 amide bonds. The zero-order valence-electron chi connectivity index (χ0n) is 8.13. The van der Waals surface area contributed by atoms with E-state index in [0.29, 0.717) is 5.56 Å². The Labute approximate surface area is 81.7 Å². The number of halogens is 1. The number of ether oxygens (including phenoxy) is 1. The first-order chi connectivity index (χ1) is 6.61. The second-order valence-electron chi connectivity index (χ2n) is 2.90. The van der Waals surface area contributed by atoms with Gasteiger partial charge < -0.3 is 10.5 Å². The Kier molecular flexibility index (Phi) is 3.19. The van der Waals surface area contributed by atoms with Gasteiger partial charge in [-0.15, -0.1) is 0 Å². The second-order valence-corrected chi connectivity index (χ2v) is 2.90. The van der Waals surface area contributed by atoms with Crippen molar-refractivity contribution in [3.8, 4) is 5.75 Å². The van der Waals surface area contributed by atoms with E-state index in [-0.39, 0.29) is 17.9 Å². The van der Waals surface area contributed by atoms with Crippen molar-refractivity contribution in [2.75, 3.05) is 13.7 Å². The first-order valence-electron chi connectivity index (χ1n) is 4.18. The van der Waals surface area contributed by atoms with Crippen LogP contribution >= 0.6 is 0 Å². The average molecular weight is 197 g/mol. The Morgan fingerprint density at radius 2 is 2.21 bits per heavy atom. The van der Waals surface area contributed by atoms with Gasteiger partial charge >= 0.3 is 0 Å². The summed E-state index contributed by atoms with van der Waals surface area (Å²) >= 11 is 0. The molecule has 1 aromatic rings. The van der Waals surface area contributed by atoms with E-state index in [1.54, 1.807) is 19.1 Å². The van der Waals surface area contributed by atoms with Gasteiger partial charge in [-0.2, -0.15) is 0 Å². The molecule has 0 saturated heterocycles. The minimum absolute atomic E-state index is 0.0602. The van der Waals surface area contributed by atoms with Gasteiger partial charge in [0.2, 0.25) is 0 Å². The van der Waals surface area contributed by atoms with Crippen LogP contribution in [0.25, 0.3) is 0 Å². The molecule has 1 rings (SSSR count). The quantitative estimate of drug-likeness (QED) is 0.743. The highest BCUT2D eigenvalue weighted by molar-refractivity contribution is 6.00. The maximum Gasteiger partial charge on any atom is 0.183 e. The minimum Gasteiger partial charge on any atom is -0.496 e. The van der Waals surface area contributed by atoms with Crippen LogP contribution in [-0.4, -0.2) is 19.4 Å². The topological polar surface area (TPSA) is 52.3 Å². The molecule has 76 valence electrons. The number of rotatable bonds is 3. The lowest BCUT2D eigenvalue weighted by atomic mass is 10.1. The van der Waals surface area contributed by atoms with E-state index >= 15 is 0 Å². The fraction of sp³-hybridized carbons (Fsp3) is 0.300. The average Bonchev–Trinajstić information content (AvgIpc) is 2.20. The number of Topliss-reactive ketones (excluding diaryl/α,β-unsaturated/α-hetero) is 1. The Morgan fingerprint density at radius 1 is 1.57 bits per heavy atom. The van der Waals surface area contributed by atoms with Crippen LogP contribution in [-0.2, 0) is 0 Å². The van der Waals surface area contributed by atoms with Gasteiger partial charge in [0.25, 0.3) is 0 Å². The minimum atomic E-state index is -0.556. The lowest BCUT2D eigenvalue weighted by molar-refractivity contribution is 0.0994. The molecule has 0 aliphatic rings. The van der Waals surface area contributed by atoms with Gasteiger partial charge in [0.1, 0.15) is 11.6 Å². The number of hydrogen-bond donors (Lipinski definition) is 1. The molecular weight excluding hydrogens is 185 g/mol. The van der Waals surface area contributed by atoms with Gasteiger partial charge in [-0.25, -0.2) is 4.39 Å². The predicted octanol–water partition coefficient (Wildman–Crippen LogP) is 1.28. The van der Waals surface area contributed by atoms with Crippen LogP contribution in [0.5, 0.6) is 5.75 Å². The monoisotopic (exact) mass is 197 g/mol. The molecule has 0 fully saturated rings. The smallest absolute Gasteiger partial charge is 0.183 e. The van der Waals surface area contributed by atoms with Crippen molar-refractivity contribution < 1.29 is 13.9 Å². The van der Waals surface area contributed by atoms with E-state index in [9.17, 15) is 9.18 Å². The third-order valence-electron chi connectivity index (χ3n) is 1.98. The lowest BCUT2D eigenvalue weighted by Crippen LogP contribution is -2.16. The summed E-state index contributed by atoms with van der Waals surface area (Å²) in [5.41, 5.74) is 5.52. The Balaban J connectivity index is 3.35. The normalized spacial score (nSPS) is 10.0. The van der Waals surface area contributed by atoms with Crippen LogP contribution in [0.1, 0.15) is 15.9 Å². The molecule has 0 spiro atoms. The van der Waals surface area contributed by atoms with Gasteiger partial charge in [-0.1, -0.05) is 6.07 Å². The summed E-state index contributed by atoms with van der Waals surface area (Å²) in [7, 11) is 1.39. The van der Waals surface area contributed by atoms with Crippen LogP contribution in [0.3, 0.4) is 0 Å². The third kappa shape index (κ3) is 1.75. The number of benzene rings is 1. The Bertz CT molecular complexity index is 363. The molecule has 0 unspecified atom stereocenters. The molecule has 2 N–H and O–H groups in total. The van der Waals surface area contributed by atoms with Gasteiger partial charge in [0, 0.05) is 0 Å². The summed E-state index contributed by atoms with van der Waals surface area (Å²) < 4.78 is 18.4. The van der Waals surface area contributed by atoms with E-state index in [4.69, 9.17) is 10.5 Å². The predicted molar refractivity (Wildman–Crippen MR) is 51.1 cm³/mol. The van der Waals surface area contributed by atoms with Gasteiger partial charge in [-0.05, 0) is 18.6 Å². The lowest BCUT2D eigenvalue weighted by Gasteiger charge is -2.09. The molecule has 0 bridgehead atoms. The summed E-state index contributed by atoms with van der Waals surface area (Å²) in [5.74, 6) is -0.786. The molecular formula is C10H12FNO2. The van der Waals surface area contributed by atoms with E-state index in [0.717, 1.165) is 0 Å². The highest BCUT2D eigenvalue weighted by Crippen LogP contribution is 2.24. The Morgan fingerprint density at radius 3 is 2.71 bits per heavy atom. The molecule has 1 aromatic carbocycles. The number of hydrogen-bond acceptors (Lipinski definition) is 3. The van der Waals surface area contributed by atoms with Crippen molar-refractivity contribution in [2.45, 2.75) is 6.92 Å².